The zero-order chi connectivity index (χ0) is 14.2. The number of rotatable bonds is 3. The first-order chi connectivity index (χ1) is 9.49. The van der Waals surface area contributed by atoms with Crippen molar-refractivity contribution >= 4 is 0 Å². The fourth-order valence-electron chi connectivity index (χ4n) is 4.01. The molecule has 3 aliphatic rings. The minimum atomic E-state index is -4.06. The summed E-state index contributed by atoms with van der Waals surface area (Å²) in [5.41, 5.74) is 0. The highest BCUT2D eigenvalue weighted by Gasteiger charge is 2.43. The topological polar surface area (TPSA) is 15.7 Å². The molecule has 0 radical (unpaired) electrons. The quantitative estimate of drug-likeness (QED) is 0.789. The lowest BCUT2D eigenvalue weighted by Gasteiger charge is -2.28. The lowest BCUT2D eigenvalue weighted by Crippen LogP contribution is -2.37. The molecule has 0 aromatic carbocycles. The van der Waals surface area contributed by atoms with E-state index in [-0.39, 0.29) is 0 Å². The third kappa shape index (κ3) is 3.65. The van der Waals surface area contributed by atoms with Gasteiger partial charge in [0.25, 0.3) is 0 Å². The zero-order valence-corrected chi connectivity index (χ0v) is 11.7. The molecular formula is C14H23F3N2O. The molecule has 0 N–H and O–H groups in total. The summed E-state index contributed by atoms with van der Waals surface area (Å²) in [7, 11) is 0. The van der Waals surface area contributed by atoms with E-state index in [1.165, 1.54) is 0 Å². The van der Waals surface area contributed by atoms with Crippen molar-refractivity contribution in [2.24, 2.45) is 17.8 Å². The van der Waals surface area contributed by atoms with Gasteiger partial charge in [0.15, 0.2) is 0 Å². The molecule has 0 aliphatic carbocycles. The minimum Gasteiger partial charge on any atom is -0.381 e. The van der Waals surface area contributed by atoms with Crippen molar-refractivity contribution in [3.63, 3.8) is 0 Å². The normalized spacial score (nSPS) is 33.8. The van der Waals surface area contributed by atoms with E-state index >= 15 is 0 Å². The first-order valence-electron chi connectivity index (χ1n) is 7.59. The predicted molar refractivity (Wildman–Crippen MR) is 69.5 cm³/mol. The predicted octanol–water partition coefficient (Wildman–Crippen LogP) is 1.84. The Morgan fingerprint density at radius 2 is 1.45 bits per heavy atom. The van der Waals surface area contributed by atoms with Gasteiger partial charge in [-0.15, -0.1) is 0 Å². The Morgan fingerprint density at radius 1 is 0.900 bits per heavy atom. The van der Waals surface area contributed by atoms with Crippen molar-refractivity contribution in [2.75, 3.05) is 52.5 Å². The zero-order valence-electron chi connectivity index (χ0n) is 11.7. The van der Waals surface area contributed by atoms with Crippen molar-refractivity contribution in [3.05, 3.63) is 0 Å². The number of likely N-dealkylation sites (tertiary alicyclic amines) is 2. The number of fused-ring (bicyclic) bond motifs is 1. The maximum absolute atomic E-state index is 12.4. The minimum absolute atomic E-state index is 0.442. The van der Waals surface area contributed by atoms with Gasteiger partial charge in [0.2, 0.25) is 0 Å². The molecule has 0 saturated carbocycles. The van der Waals surface area contributed by atoms with E-state index in [4.69, 9.17) is 4.74 Å². The van der Waals surface area contributed by atoms with Gasteiger partial charge in [-0.3, -0.25) is 4.90 Å². The molecule has 0 aromatic heterocycles. The van der Waals surface area contributed by atoms with Gasteiger partial charge in [0.05, 0.1) is 6.54 Å². The van der Waals surface area contributed by atoms with Gasteiger partial charge in [0.1, 0.15) is 0 Å². The van der Waals surface area contributed by atoms with E-state index in [9.17, 15) is 13.2 Å². The first-order valence-corrected chi connectivity index (χ1v) is 7.59. The molecule has 20 heavy (non-hydrogen) atoms. The van der Waals surface area contributed by atoms with Crippen LogP contribution in [0.4, 0.5) is 13.2 Å². The van der Waals surface area contributed by atoms with Crippen LogP contribution < -0.4 is 0 Å². The van der Waals surface area contributed by atoms with Crippen molar-refractivity contribution < 1.29 is 17.9 Å². The molecule has 116 valence electrons. The Kier molecular flexibility index (Phi) is 4.24. The highest BCUT2D eigenvalue weighted by Crippen LogP contribution is 2.33. The fraction of sp³-hybridized carbons (Fsp3) is 1.00. The number of alkyl halides is 3. The van der Waals surface area contributed by atoms with Crippen molar-refractivity contribution in [1.82, 2.24) is 9.80 Å². The average Bonchev–Trinajstić information content (AvgIpc) is 2.85. The van der Waals surface area contributed by atoms with Crippen LogP contribution in [0.2, 0.25) is 0 Å². The van der Waals surface area contributed by atoms with Crippen LogP contribution in [0.1, 0.15) is 12.8 Å². The number of hydrogen-bond donors (Lipinski definition) is 0. The Hall–Kier alpha value is -0.330. The summed E-state index contributed by atoms with van der Waals surface area (Å²) >= 11 is 0. The smallest absolute Gasteiger partial charge is 0.381 e. The Labute approximate surface area is 118 Å². The van der Waals surface area contributed by atoms with Crippen LogP contribution in [0.25, 0.3) is 0 Å². The molecule has 0 amide bonds. The number of hydrogen-bond acceptors (Lipinski definition) is 3. The molecule has 3 rings (SSSR count). The van der Waals surface area contributed by atoms with Crippen molar-refractivity contribution in [1.29, 1.82) is 0 Å². The van der Waals surface area contributed by atoms with E-state index in [1.807, 2.05) is 0 Å². The van der Waals surface area contributed by atoms with Gasteiger partial charge in [-0.05, 0) is 30.6 Å². The summed E-state index contributed by atoms with van der Waals surface area (Å²) in [4.78, 5) is 4.05. The van der Waals surface area contributed by atoms with E-state index in [2.05, 4.69) is 4.90 Å². The summed E-state index contributed by atoms with van der Waals surface area (Å²) in [6.07, 6.45) is -1.79. The highest BCUT2D eigenvalue weighted by atomic mass is 19.4. The van der Waals surface area contributed by atoms with Gasteiger partial charge in [-0.2, -0.15) is 13.2 Å². The fourth-order valence-corrected chi connectivity index (χ4v) is 4.01. The van der Waals surface area contributed by atoms with Gasteiger partial charge in [-0.1, -0.05) is 0 Å². The number of ether oxygens (including phenoxy) is 1. The van der Waals surface area contributed by atoms with E-state index in [0.717, 1.165) is 45.7 Å². The second-order valence-corrected chi connectivity index (χ2v) is 6.60. The lowest BCUT2D eigenvalue weighted by molar-refractivity contribution is -0.144. The molecule has 3 heterocycles. The molecule has 0 aromatic rings. The van der Waals surface area contributed by atoms with Crippen molar-refractivity contribution in [2.45, 2.75) is 19.0 Å². The van der Waals surface area contributed by atoms with E-state index < -0.39 is 12.7 Å². The second-order valence-electron chi connectivity index (χ2n) is 6.60. The number of nitrogens with zero attached hydrogens (tertiary/aromatic N) is 2. The van der Waals surface area contributed by atoms with Crippen LogP contribution in [0, 0.1) is 17.8 Å². The standard InChI is InChI=1S/C14H23F3N2O/c15-14(16,17)10-19-8-12-6-18(7-13(12)9-19)5-11-1-3-20-4-2-11/h11-13H,1-10H2. The Morgan fingerprint density at radius 3 is 2.00 bits per heavy atom. The molecule has 6 heteroatoms. The summed E-state index contributed by atoms with van der Waals surface area (Å²) in [5, 5.41) is 0. The van der Waals surface area contributed by atoms with Crippen LogP contribution >= 0.6 is 0 Å². The van der Waals surface area contributed by atoms with E-state index in [1.54, 1.807) is 4.90 Å². The Bertz CT molecular complexity index is 317. The lowest BCUT2D eigenvalue weighted by atomic mass is 10.00. The summed E-state index contributed by atoms with van der Waals surface area (Å²) in [6, 6.07) is 0. The molecule has 0 bridgehead atoms. The molecular weight excluding hydrogens is 269 g/mol. The first kappa shape index (κ1) is 14.6. The largest absolute Gasteiger partial charge is 0.401 e. The second kappa shape index (κ2) is 5.81. The maximum atomic E-state index is 12.4. The Balaban J connectivity index is 1.43. The molecule has 2 atom stereocenters. The van der Waals surface area contributed by atoms with Crippen LogP contribution in [-0.2, 0) is 4.74 Å². The summed E-state index contributed by atoms with van der Waals surface area (Å²) in [6.45, 7) is 5.31. The highest BCUT2D eigenvalue weighted by molar-refractivity contribution is 4.94. The summed E-state index contributed by atoms with van der Waals surface area (Å²) in [5.74, 6) is 1.60. The third-order valence-electron chi connectivity index (χ3n) is 4.90. The number of halogens is 3. The van der Waals surface area contributed by atoms with Crippen LogP contribution in [0.5, 0.6) is 0 Å². The van der Waals surface area contributed by atoms with Crippen LogP contribution in [0.3, 0.4) is 0 Å². The van der Waals surface area contributed by atoms with Gasteiger partial charge in [-0.25, -0.2) is 0 Å². The SMILES string of the molecule is FC(F)(F)CN1CC2CN(CC3CCOCC3)CC2C1. The van der Waals surface area contributed by atoms with Crippen LogP contribution in [-0.4, -0.2) is 68.5 Å². The molecule has 3 saturated heterocycles. The van der Waals surface area contributed by atoms with E-state index in [0.29, 0.717) is 30.8 Å². The summed E-state index contributed by atoms with van der Waals surface area (Å²) < 4.78 is 42.6. The molecule has 0 spiro atoms. The van der Waals surface area contributed by atoms with Gasteiger partial charge < -0.3 is 9.64 Å². The molecule has 3 fully saturated rings. The van der Waals surface area contributed by atoms with Gasteiger partial charge in [0, 0.05) is 45.9 Å². The van der Waals surface area contributed by atoms with Crippen molar-refractivity contribution in [3.8, 4) is 0 Å². The van der Waals surface area contributed by atoms with Crippen LogP contribution in [0.15, 0.2) is 0 Å². The molecule has 2 unspecified atom stereocenters. The monoisotopic (exact) mass is 292 g/mol. The molecule has 3 nitrogen and oxygen atoms in total. The average molecular weight is 292 g/mol. The van der Waals surface area contributed by atoms with Gasteiger partial charge >= 0.3 is 6.18 Å². The third-order valence-corrected chi connectivity index (χ3v) is 4.90. The molecule has 3 aliphatic heterocycles. The maximum Gasteiger partial charge on any atom is 0.401 e.